The number of thioether (sulfide) groups is 1. The van der Waals surface area contributed by atoms with E-state index in [9.17, 15) is 0 Å². The zero-order valence-electron chi connectivity index (χ0n) is 11.0. The summed E-state index contributed by atoms with van der Waals surface area (Å²) in [6.45, 7) is 1.08. The van der Waals surface area contributed by atoms with Crippen LogP contribution in [0.1, 0.15) is 10.9 Å². The molecule has 1 saturated heterocycles. The fourth-order valence-electron chi connectivity index (χ4n) is 2.48. The number of ether oxygens (including phenoxy) is 1. The first-order valence-electron chi connectivity index (χ1n) is 6.46. The lowest BCUT2D eigenvalue weighted by Crippen LogP contribution is -2.22. The Balaban J connectivity index is 1.95. The van der Waals surface area contributed by atoms with E-state index in [0.717, 1.165) is 18.0 Å². The Morgan fingerprint density at radius 2 is 1.79 bits per heavy atom. The monoisotopic (exact) mass is 271 g/mol. The zero-order valence-corrected chi connectivity index (χ0v) is 11.8. The van der Waals surface area contributed by atoms with Crippen molar-refractivity contribution in [3.05, 3.63) is 60.2 Å². The third-order valence-corrected chi connectivity index (χ3v) is 4.63. The topological polar surface area (TPSA) is 12.5 Å². The molecule has 0 amide bonds. The van der Waals surface area contributed by atoms with Crippen LogP contribution in [0.5, 0.6) is 5.75 Å². The van der Waals surface area contributed by atoms with Crippen LogP contribution in [0.2, 0.25) is 0 Å². The van der Waals surface area contributed by atoms with E-state index in [1.54, 1.807) is 7.11 Å². The van der Waals surface area contributed by atoms with Gasteiger partial charge < -0.3 is 9.64 Å². The summed E-state index contributed by atoms with van der Waals surface area (Å²) in [6, 6.07) is 18.9. The van der Waals surface area contributed by atoms with Gasteiger partial charge in [-0.1, -0.05) is 36.4 Å². The predicted octanol–water partition coefficient (Wildman–Crippen LogP) is 3.95. The van der Waals surface area contributed by atoms with E-state index in [2.05, 4.69) is 47.4 Å². The van der Waals surface area contributed by atoms with Crippen LogP contribution in [0.25, 0.3) is 0 Å². The quantitative estimate of drug-likeness (QED) is 0.838. The first-order chi connectivity index (χ1) is 9.40. The number of nitrogens with zero attached hydrogens (tertiary/aromatic N) is 1. The summed E-state index contributed by atoms with van der Waals surface area (Å²) >= 11 is 1.97. The van der Waals surface area contributed by atoms with E-state index in [-0.39, 0.29) is 0 Å². The SMILES string of the molecule is COc1ccccc1C1SCCN1c1ccccc1. The van der Waals surface area contributed by atoms with Crippen LogP contribution in [-0.4, -0.2) is 19.4 Å². The minimum Gasteiger partial charge on any atom is -0.496 e. The normalized spacial score (nSPS) is 18.6. The van der Waals surface area contributed by atoms with Crippen LogP contribution >= 0.6 is 11.8 Å². The Bertz CT molecular complexity index is 543. The van der Waals surface area contributed by atoms with E-state index in [4.69, 9.17) is 4.74 Å². The van der Waals surface area contributed by atoms with Gasteiger partial charge in [0.25, 0.3) is 0 Å². The molecule has 1 fully saturated rings. The molecule has 0 saturated carbocycles. The highest BCUT2D eigenvalue weighted by Gasteiger charge is 2.28. The van der Waals surface area contributed by atoms with Gasteiger partial charge in [-0.25, -0.2) is 0 Å². The highest BCUT2D eigenvalue weighted by molar-refractivity contribution is 7.99. The summed E-state index contributed by atoms with van der Waals surface area (Å²) < 4.78 is 5.50. The van der Waals surface area contributed by atoms with E-state index in [1.165, 1.54) is 11.3 Å². The number of benzene rings is 2. The summed E-state index contributed by atoms with van der Waals surface area (Å²) in [4.78, 5) is 2.45. The van der Waals surface area contributed by atoms with E-state index in [1.807, 2.05) is 23.9 Å². The molecule has 1 aliphatic rings. The van der Waals surface area contributed by atoms with Crippen LogP contribution in [-0.2, 0) is 0 Å². The second-order valence-corrected chi connectivity index (χ2v) is 5.68. The van der Waals surface area contributed by atoms with Crippen molar-refractivity contribution in [3.63, 3.8) is 0 Å². The van der Waals surface area contributed by atoms with Crippen LogP contribution in [0.4, 0.5) is 5.69 Å². The van der Waals surface area contributed by atoms with Crippen molar-refractivity contribution in [3.8, 4) is 5.75 Å². The first-order valence-corrected chi connectivity index (χ1v) is 7.51. The third-order valence-electron chi connectivity index (χ3n) is 3.38. The highest BCUT2D eigenvalue weighted by atomic mass is 32.2. The Hall–Kier alpha value is -1.61. The molecule has 0 spiro atoms. The average Bonchev–Trinajstić information content (AvgIpc) is 2.97. The molecule has 1 atom stereocenters. The lowest BCUT2D eigenvalue weighted by Gasteiger charge is -2.27. The van der Waals surface area contributed by atoms with Crippen LogP contribution in [0.3, 0.4) is 0 Å². The molecule has 3 rings (SSSR count). The number of hydrogen-bond acceptors (Lipinski definition) is 3. The van der Waals surface area contributed by atoms with Crippen molar-refractivity contribution >= 4 is 17.4 Å². The maximum atomic E-state index is 5.50. The van der Waals surface area contributed by atoms with Gasteiger partial charge in [0.1, 0.15) is 11.1 Å². The second-order valence-electron chi connectivity index (χ2n) is 4.49. The van der Waals surface area contributed by atoms with Gasteiger partial charge in [0.05, 0.1) is 7.11 Å². The van der Waals surface area contributed by atoms with Gasteiger partial charge in [0.15, 0.2) is 0 Å². The van der Waals surface area contributed by atoms with Crippen LogP contribution < -0.4 is 9.64 Å². The van der Waals surface area contributed by atoms with Gasteiger partial charge in [-0.3, -0.25) is 0 Å². The summed E-state index contributed by atoms with van der Waals surface area (Å²) in [5, 5.41) is 0.346. The van der Waals surface area contributed by atoms with Crippen molar-refractivity contribution in [2.75, 3.05) is 24.3 Å². The maximum Gasteiger partial charge on any atom is 0.125 e. The Morgan fingerprint density at radius 1 is 1.05 bits per heavy atom. The first kappa shape index (κ1) is 12.4. The van der Waals surface area contributed by atoms with Crippen molar-refractivity contribution < 1.29 is 4.74 Å². The molecule has 2 nitrogen and oxygen atoms in total. The molecule has 0 aromatic heterocycles. The minimum atomic E-state index is 0.346. The molecule has 3 heteroatoms. The Morgan fingerprint density at radius 3 is 2.58 bits per heavy atom. The number of rotatable bonds is 3. The fourth-order valence-corrected chi connectivity index (χ4v) is 3.79. The van der Waals surface area contributed by atoms with Crippen molar-refractivity contribution in [1.29, 1.82) is 0 Å². The van der Waals surface area contributed by atoms with E-state index < -0.39 is 0 Å². The number of para-hydroxylation sites is 2. The molecule has 0 radical (unpaired) electrons. The smallest absolute Gasteiger partial charge is 0.125 e. The zero-order chi connectivity index (χ0) is 13.1. The van der Waals surface area contributed by atoms with E-state index in [0.29, 0.717) is 5.37 Å². The van der Waals surface area contributed by atoms with Gasteiger partial charge in [0, 0.05) is 23.5 Å². The van der Waals surface area contributed by atoms with E-state index >= 15 is 0 Å². The second kappa shape index (κ2) is 5.57. The summed E-state index contributed by atoms with van der Waals surface area (Å²) in [5.41, 5.74) is 2.54. The highest BCUT2D eigenvalue weighted by Crippen LogP contribution is 2.43. The molecule has 0 aliphatic carbocycles. The predicted molar refractivity (Wildman–Crippen MR) is 82.0 cm³/mol. The molecule has 2 aromatic carbocycles. The number of hydrogen-bond donors (Lipinski definition) is 0. The lowest BCUT2D eigenvalue weighted by molar-refractivity contribution is 0.409. The third kappa shape index (κ3) is 2.43. The number of methoxy groups -OCH3 is 1. The molecule has 0 bridgehead atoms. The molecular formula is C16H17NOS. The van der Waals surface area contributed by atoms with Crippen molar-refractivity contribution in [2.24, 2.45) is 0 Å². The summed E-state index contributed by atoms with van der Waals surface area (Å²) in [6.07, 6.45) is 0. The molecular weight excluding hydrogens is 254 g/mol. The summed E-state index contributed by atoms with van der Waals surface area (Å²) in [5.74, 6) is 2.13. The summed E-state index contributed by atoms with van der Waals surface area (Å²) in [7, 11) is 1.74. The van der Waals surface area contributed by atoms with Crippen molar-refractivity contribution in [2.45, 2.75) is 5.37 Å². The van der Waals surface area contributed by atoms with Crippen LogP contribution in [0, 0.1) is 0 Å². The molecule has 1 unspecified atom stereocenters. The standard InChI is InChI=1S/C16H17NOS/c1-18-15-10-6-5-9-14(15)16-17(11-12-19-16)13-7-3-2-4-8-13/h2-10,16H,11-12H2,1H3. The number of anilines is 1. The van der Waals surface area contributed by atoms with Crippen molar-refractivity contribution in [1.82, 2.24) is 0 Å². The molecule has 1 aliphatic heterocycles. The molecule has 1 heterocycles. The Kier molecular flexibility index (Phi) is 3.65. The maximum absolute atomic E-state index is 5.50. The largest absolute Gasteiger partial charge is 0.496 e. The minimum absolute atomic E-state index is 0.346. The van der Waals surface area contributed by atoms with Gasteiger partial charge in [-0.2, -0.15) is 0 Å². The van der Waals surface area contributed by atoms with Gasteiger partial charge in [-0.05, 0) is 18.2 Å². The van der Waals surface area contributed by atoms with Gasteiger partial charge in [-0.15, -0.1) is 11.8 Å². The lowest BCUT2D eigenvalue weighted by atomic mass is 10.1. The molecule has 98 valence electrons. The van der Waals surface area contributed by atoms with Gasteiger partial charge >= 0.3 is 0 Å². The fraction of sp³-hybridized carbons (Fsp3) is 0.250. The average molecular weight is 271 g/mol. The van der Waals surface area contributed by atoms with Crippen LogP contribution in [0.15, 0.2) is 54.6 Å². The molecule has 19 heavy (non-hydrogen) atoms. The van der Waals surface area contributed by atoms with Gasteiger partial charge in [0.2, 0.25) is 0 Å². The molecule has 2 aromatic rings. The Labute approximate surface area is 118 Å². The molecule has 0 N–H and O–H groups in total.